The number of pyridine rings is 1. The Morgan fingerprint density at radius 2 is 2.30 bits per heavy atom. The molecule has 0 amide bonds. The molecule has 0 saturated carbocycles. The fourth-order valence-electron chi connectivity index (χ4n) is 0.662. The first-order chi connectivity index (χ1) is 4.61. The highest BCUT2D eigenvalue weighted by molar-refractivity contribution is 6.13. The first-order valence-corrected chi connectivity index (χ1v) is 3.61. The summed E-state index contributed by atoms with van der Waals surface area (Å²) in [6.45, 7) is 1.68. The van der Waals surface area contributed by atoms with E-state index in [4.69, 9.17) is 0 Å². The second-order valence-corrected chi connectivity index (χ2v) is 3.49. The van der Waals surface area contributed by atoms with E-state index in [1.54, 1.807) is 19.2 Å². The van der Waals surface area contributed by atoms with Crippen LogP contribution < -0.4 is 0 Å². The van der Waals surface area contributed by atoms with E-state index in [1.807, 2.05) is 12.1 Å². The predicted octanol–water partition coefficient (Wildman–Crippen LogP) is 0.415. The zero-order valence-corrected chi connectivity index (χ0v) is 6.94. The summed E-state index contributed by atoms with van der Waals surface area (Å²) in [6, 6.07) is 5.45. The van der Waals surface area contributed by atoms with Crippen LogP contribution in [0.5, 0.6) is 0 Å². The quantitative estimate of drug-likeness (QED) is 0.587. The van der Waals surface area contributed by atoms with Crippen LogP contribution in [0.25, 0.3) is 0 Å². The second kappa shape index (κ2) is 2.71. The number of aromatic nitrogens is 1. The highest BCUT2D eigenvalue weighted by Gasteiger charge is 2.14. The maximum absolute atomic E-state index is 9.39. The van der Waals surface area contributed by atoms with Crippen molar-refractivity contribution in [3.8, 4) is 0 Å². The summed E-state index contributed by atoms with van der Waals surface area (Å²) in [5.41, 5.74) is 0.667. The van der Waals surface area contributed by atoms with E-state index in [1.165, 1.54) is 0 Å². The molecule has 1 rings (SSSR count). The average molecular weight is 149 g/mol. The average Bonchev–Trinajstić information content (AvgIpc) is 1.88. The summed E-state index contributed by atoms with van der Waals surface area (Å²) in [5, 5.41) is 9.39. The van der Waals surface area contributed by atoms with Gasteiger partial charge in [0.2, 0.25) is 0 Å². The van der Waals surface area contributed by atoms with Gasteiger partial charge in [-0.1, -0.05) is 6.07 Å². The van der Waals surface area contributed by atoms with Gasteiger partial charge in [0, 0.05) is 10.7 Å². The number of aliphatic hydroxyl groups is 1. The maximum atomic E-state index is 9.39. The van der Waals surface area contributed by atoms with Crippen molar-refractivity contribution < 1.29 is 5.11 Å². The standard InChI is InChI=1S/C7H8NO.Al/c1-6(9)7-4-2-3-5-8-7;/h2-5,9H,1H3;. The number of hydrogen-bond donors (Lipinski definition) is 1. The van der Waals surface area contributed by atoms with E-state index in [0.717, 1.165) is 0 Å². The van der Waals surface area contributed by atoms with Crippen molar-refractivity contribution >= 4 is 16.3 Å². The molecule has 0 fully saturated rings. The summed E-state index contributed by atoms with van der Waals surface area (Å²) in [6.07, 6.45) is 1.66. The van der Waals surface area contributed by atoms with Gasteiger partial charge in [-0.15, -0.1) is 0 Å². The molecule has 0 spiro atoms. The van der Waals surface area contributed by atoms with Crippen molar-refractivity contribution in [1.82, 2.24) is 4.98 Å². The van der Waals surface area contributed by atoms with Gasteiger partial charge in [0.05, 0.1) is 5.69 Å². The molecule has 3 heteroatoms. The van der Waals surface area contributed by atoms with Gasteiger partial charge in [-0.2, -0.15) is 0 Å². The van der Waals surface area contributed by atoms with Crippen molar-refractivity contribution in [1.29, 1.82) is 0 Å². The van der Waals surface area contributed by atoms with E-state index in [2.05, 4.69) is 21.3 Å². The van der Waals surface area contributed by atoms with E-state index < -0.39 is 4.46 Å². The minimum Gasteiger partial charge on any atom is -0.402 e. The Bertz CT molecular complexity index is 205. The van der Waals surface area contributed by atoms with Gasteiger partial charge >= 0.3 is 0 Å². The molecule has 1 aromatic rings. The van der Waals surface area contributed by atoms with Gasteiger partial charge in [0.25, 0.3) is 0 Å². The van der Waals surface area contributed by atoms with Crippen molar-refractivity contribution in [2.45, 2.75) is 11.4 Å². The molecule has 2 radical (unpaired) electrons. The van der Waals surface area contributed by atoms with Gasteiger partial charge < -0.3 is 5.11 Å². The monoisotopic (exact) mass is 149 g/mol. The number of nitrogens with zero attached hydrogens (tertiary/aromatic N) is 1. The second-order valence-electron chi connectivity index (χ2n) is 2.36. The third-order valence-corrected chi connectivity index (χ3v) is 1.48. The lowest BCUT2D eigenvalue weighted by Crippen LogP contribution is -2.21. The topological polar surface area (TPSA) is 33.1 Å². The van der Waals surface area contributed by atoms with E-state index in [0.29, 0.717) is 5.69 Å². The highest BCUT2D eigenvalue weighted by Crippen LogP contribution is 2.11. The molecule has 0 aliphatic rings. The summed E-state index contributed by atoms with van der Waals surface area (Å²) in [5.74, 6) is 0. The van der Waals surface area contributed by atoms with Gasteiger partial charge in [-0.3, -0.25) is 4.98 Å². The molecule has 1 heterocycles. The molecule has 1 N–H and O–H groups in total. The Balaban J connectivity index is 2.97. The molecule has 1 unspecified atom stereocenters. The first kappa shape index (κ1) is 7.75. The highest BCUT2D eigenvalue weighted by atomic mass is 27.0. The first-order valence-electron chi connectivity index (χ1n) is 3.03. The Labute approximate surface area is 68.3 Å². The van der Waals surface area contributed by atoms with Crippen LogP contribution in [0.4, 0.5) is 0 Å². The van der Waals surface area contributed by atoms with E-state index >= 15 is 0 Å². The van der Waals surface area contributed by atoms with Crippen molar-refractivity contribution in [3.63, 3.8) is 0 Å². The van der Waals surface area contributed by atoms with Crippen LogP contribution in [0.15, 0.2) is 24.4 Å². The molecular formula is C7H8AlNO. The van der Waals surface area contributed by atoms with E-state index in [-0.39, 0.29) is 0 Å². The fraction of sp³-hybridized carbons (Fsp3) is 0.286. The van der Waals surface area contributed by atoms with Crippen LogP contribution in [-0.2, 0) is 4.46 Å². The molecule has 10 heavy (non-hydrogen) atoms. The Morgan fingerprint density at radius 1 is 1.60 bits per heavy atom. The van der Waals surface area contributed by atoms with Crippen LogP contribution in [0.1, 0.15) is 12.6 Å². The Morgan fingerprint density at radius 3 is 2.60 bits per heavy atom. The summed E-state index contributed by atoms with van der Waals surface area (Å²) < 4.78 is -0.902. The van der Waals surface area contributed by atoms with Crippen LogP contribution >= 0.6 is 0 Å². The summed E-state index contributed by atoms with van der Waals surface area (Å²) in [7, 11) is 0. The Kier molecular flexibility index (Phi) is 2.10. The SMILES string of the molecule is C[C](O)([Al])c1ccccn1. The zero-order chi connectivity index (χ0) is 7.61. The lowest BCUT2D eigenvalue weighted by Gasteiger charge is -2.17. The minimum atomic E-state index is -0.902. The number of hydrogen-bond acceptors (Lipinski definition) is 2. The lowest BCUT2D eigenvalue weighted by molar-refractivity contribution is 0.144. The van der Waals surface area contributed by atoms with E-state index in [9.17, 15) is 5.11 Å². The molecular weight excluding hydrogens is 141 g/mol. The van der Waals surface area contributed by atoms with Crippen molar-refractivity contribution in [3.05, 3.63) is 30.1 Å². The molecule has 1 aromatic heterocycles. The fourth-order valence-corrected chi connectivity index (χ4v) is 0.833. The third kappa shape index (κ3) is 1.81. The Hall–Kier alpha value is -0.358. The van der Waals surface area contributed by atoms with Crippen LogP contribution in [0.2, 0.25) is 0 Å². The summed E-state index contributed by atoms with van der Waals surface area (Å²) >= 11 is 2.32. The van der Waals surface area contributed by atoms with Gasteiger partial charge in [0.15, 0.2) is 16.3 Å². The smallest absolute Gasteiger partial charge is 0.186 e. The molecule has 2 nitrogen and oxygen atoms in total. The molecule has 0 aromatic carbocycles. The predicted molar refractivity (Wildman–Crippen MR) is 39.6 cm³/mol. The van der Waals surface area contributed by atoms with Gasteiger partial charge in [-0.05, 0) is 19.1 Å². The minimum absolute atomic E-state index is 0.667. The van der Waals surface area contributed by atoms with Crippen LogP contribution in [0.3, 0.4) is 0 Å². The lowest BCUT2D eigenvalue weighted by atomic mass is 10.2. The largest absolute Gasteiger partial charge is 0.402 e. The number of rotatable bonds is 1. The zero-order valence-electron chi connectivity index (χ0n) is 5.78. The maximum Gasteiger partial charge on any atom is 0.186 e. The third-order valence-electron chi connectivity index (χ3n) is 1.18. The molecule has 0 bridgehead atoms. The van der Waals surface area contributed by atoms with Crippen molar-refractivity contribution in [2.75, 3.05) is 0 Å². The summed E-state index contributed by atoms with van der Waals surface area (Å²) in [4.78, 5) is 3.98. The van der Waals surface area contributed by atoms with Crippen molar-refractivity contribution in [2.24, 2.45) is 0 Å². The van der Waals surface area contributed by atoms with Crippen LogP contribution in [0, 0.1) is 0 Å². The van der Waals surface area contributed by atoms with Crippen LogP contribution in [-0.4, -0.2) is 26.4 Å². The van der Waals surface area contributed by atoms with Gasteiger partial charge in [-0.25, -0.2) is 0 Å². The molecule has 0 aliphatic carbocycles. The normalized spacial score (nSPS) is 16.2. The van der Waals surface area contributed by atoms with Gasteiger partial charge in [0.1, 0.15) is 0 Å². The molecule has 1 atom stereocenters. The molecule has 50 valence electrons. The molecule has 0 aliphatic heterocycles. The molecule has 0 saturated heterocycles.